The summed E-state index contributed by atoms with van der Waals surface area (Å²) >= 11 is 10.8. The number of nitrogens with zero attached hydrogens (tertiary/aromatic N) is 1. The van der Waals surface area contributed by atoms with Gasteiger partial charge in [-0.2, -0.15) is 12.6 Å². The van der Waals surface area contributed by atoms with E-state index in [1.807, 2.05) is 13.0 Å². The average molecular weight is 620 g/mol. The molecule has 0 saturated heterocycles. The van der Waals surface area contributed by atoms with Crippen molar-refractivity contribution in [1.82, 2.24) is 10.2 Å². The summed E-state index contributed by atoms with van der Waals surface area (Å²) in [7, 11) is 0. The zero-order chi connectivity index (χ0) is 31.4. The molecular formula is C32H46ClN3O5S. The van der Waals surface area contributed by atoms with Gasteiger partial charge in [-0.1, -0.05) is 81.0 Å². The largest absolute Gasteiger partial charge is 0.507 e. The van der Waals surface area contributed by atoms with E-state index >= 15 is 0 Å². The molecule has 8 nitrogen and oxygen atoms in total. The quantitative estimate of drug-likeness (QED) is 0.131. The van der Waals surface area contributed by atoms with Crippen molar-refractivity contribution in [3.63, 3.8) is 0 Å². The SMILES string of the molecule is CCCCCCCCN(C(=O)C(CS)NC(=O)OC(C)(C)C)C(C(=O)Nc1c(C)cccc1Cl)c1cccc(C)c1O. The highest BCUT2D eigenvalue weighted by molar-refractivity contribution is 7.80. The van der Waals surface area contributed by atoms with E-state index in [4.69, 9.17) is 16.3 Å². The lowest BCUT2D eigenvalue weighted by Crippen LogP contribution is -2.53. The van der Waals surface area contributed by atoms with Gasteiger partial charge >= 0.3 is 6.09 Å². The van der Waals surface area contributed by atoms with Crippen molar-refractivity contribution in [1.29, 1.82) is 0 Å². The normalized spacial score (nSPS) is 12.8. The lowest BCUT2D eigenvalue weighted by Gasteiger charge is -2.35. The number of rotatable bonds is 14. The van der Waals surface area contributed by atoms with E-state index in [1.165, 1.54) is 4.90 Å². The van der Waals surface area contributed by atoms with Crippen molar-refractivity contribution in [3.05, 3.63) is 58.1 Å². The standard InChI is InChI=1S/C32H46ClN3O5S/c1-7-8-9-10-11-12-19-36(30(39)25(20-42)34-31(40)41-32(4,5)6)27(23-17-13-16-22(3)28(23)37)29(38)35-26-21(2)15-14-18-24(26)33/h13-18,25,27,37,42H,7-12,19-20H2,1-6H3,(H,34,40)(H,35,38). The first-order chi connectivity index (χ1) is 19.8. The van der Waals surface area contributed by atoms with Gasteiger partial charge in [0.25, 0.3) is 5.91 Å². The van der Waals surface area contributed by atoms with Gasteiger partial charge in [0.05, 0.1) is 10.7 Å². The van der Waals surface area contributed by atoms with E-state index in [-0.39, 0.29) is 23.6 Å². The molecule has 3 amide bonds. The highest BCUT2D eigenvalue weighted by Gasteiger charge is 2.37. The van der Waals surface area contributed by atoms with E-state index in [0.29, 0.717) is 22.7 Å². The van der Waals surface area contributed by atoms with Gasteiger partial charge in [0.15, 0.2) is 0 Å². The Kier molecular flexibility index (Phi) is 14.0. The third-order valence-electron chi connectivity index (χ3n) is 6.80. The van der Waals surface area contributed by atoms with Crippen LogP contribution >= 0.6 is 24.2 Å². The van der Waals surface area contributed by atoms with Crippen LogP contribution in [-0.2, 0) is 14.3 Å². The van der Waals surface area contributed by atoms with Gasteiger partial charge in [0, 0.05) is 17.9 Å². The number of aryl methyl sites for hydroxylation is 2. The first kappa shape index (κ1) is 35.3. The number of hydrogen-bond donors (Lipinski definition) is 4. The fourth-order valence-corrected chi connectivity index (χ4v) is 5.12. The molecule has 0 heterocycles. The molecule has 0 aliphatic carbocycles. The molecule has 0 bridgehead atoms. The molecule has 0 fully saturated rings. The average Bonchev–Trinajstić information content (AvgIpc) is 2.91. The van der Waals surface area contributed by atoms with Crippen molar-refractivity contribution >= 4 is 47.8 Å². The second-order valence-corrected chi connectivity index (χ2v) is 12.3. The molecule has 2 aromatic rings. The van der Waals surface area contributed by atoms with Gasteiger partial charge in [-0.3, -0.25) is 9.59 Å². The summed E-state index contributed by atoms with van der Waals surface area (Å²) in [5.74, 6) is -1.16. The molecule has 232 valence electrons. The summed E-state index contributed by atoms with van der Waals surface area (Å²) < 4.78 is 5.38. The maximum absolute atomic E-state index is 14.2. The van der Waals surface area contributed by atoms with Crippen LogP contribution in [-0.4, -0.2) is 51.9 Å². The number of benzene rings is 2. The lowest BCUT2D eigenvalue weighted by atomic mass is 9.98. The number of halogens is 1. The third-order valence-corrected chi connectivity index (χ3v) is 7.48. The van der Waals surface area contributed by atoms with Crippen LogP contribution in [0.15, 0.2) is 36.4 Å². The number of unbranched alkanes of at least 4 members (excludes halogenated alkanes) is 5. The number of alkyl carbamates (subject to hydrolysis) is 1. The molecule has 0 aromatic heterocycles. The second kappa shape index (κ2) is 16.7. The molecular weight excluding hydrogens is 574 g/mol. The second-order valence-electron chi connectivity index (χ2n) is 11.5. The Hall–Kier alpha value is -2.91. The van der Waals surface area contributed by atoms with E-state index in [1.54, 1.807) is 58.0 Å². The van der Waals surface area contributed by atoms with Crippen LogP contribution in [0.25, 0.3) is 0 Å². The van der Waals surface area contributed by atoms with Gasteiger partial charge in [0.2, 0.25) is 5.91 Å². The Morgan fingerprint density at radius 3 is 2.24 bits per heavy atom. The number of nitrogens with one attached hydrogen (secondary N) is 2. The lowest BCUT2D eigenvalue weighted by molar-refractivity contribution is -0.140. The molecule has 2 atom stereocenters. The predicted molar refractivity (Wildman–Crippen MR) is 173 cm³/mol. The van der Waals surface area contributed by atoms with Gasteiger partial charge in [-0.05, 0) is 58.2 Å². The molecule has 0 radical (unpaired) electrons. The number of ether oxygens (including phenoxy) is 1. The summed E-state index contributed by atoms with van der Waals surface area (Å²) in [6, 6.07) is 8.07. The molecule has 2 rings (SSSR count). The molecule has 3 N–H and O–H groups in total. The first-order valence-electron chi connectivity index (χ1n) is 14.6. The van der Waals surface area contributed by atoms with Crippen LogP contribution in [0.1, 0.15) is 89.0 Å². The molecule has 0 aliphatic rings. The van der Waals surface area contributed by atoms with Crippen LogP contribution in [0.3, 0.4) is 0 Å². The summed E-state index contributed by atoms with van der Waals surface area (Å²) in [5, 5.41) is 17.0. The maximum atomic E-state index is 14.2. The maximum Gasteiger partial charge on any atom is 0.408 e. The van der Waals surface area contributed by atoms with Crippen molar-refractivity contribution in [2.75, 3.05) is 17.6 Å². The van der Waals surface area contributed by atoms with Crippen LogP contribution in [0, 0.1) is 13.8 Å². The molecule has 10 heteroatoms. The smallest absolute Gasteiger partial charge is 0.408 e. The molecule has 42 heavy (non-hydrogen) atoms. The number of carbonyl (C=O) groups is 3. The van der Waals surface area contributed by atoms with Gasteiger partial charge < -0.3 is 25.4 Å². The minimum absolute atomic E-state index is 0.0250. The zero-order valence-corrected chi connectivity index (χ0v) is 27.3. The summed E-state index contributed by atoms with van der Waals surface area (Å²) in [6.07, 6.45) is 5.03. The van der Waals surface area contributed by atoms with Gasteiger partial charge in [0.1, 0.15) is 23.4 Å². The Morgan fingerprint density at radius 1 is 1.00 bits per heavy atom. The molecule has 0 saturated carbocycles. The Bertz CT molecular complexity index is 1200. The molecule has 2 aromatic carbocycles. The van der Waals surface area contributed by atoms with Crippen molar-refractivity contribution < 1.29 is 24.2 Å². The Balaban J connectivity index is 2.55. The number of amides is 3. The van der Waals surface area contributed by atoms with Crippen LogP contribution < -0.4 is 10.6 Å². The van der Waals surface area contributed by atoms with E-state index in [2.05, 4.69) is 30.2 Å². The number of para-hydroxylation sites is 2. The van der Waals surface area contributed by atoms with Crippen LogP contribution in [0.4, 0.5) is 10.5 Å². The number of phenolic OH excluding ortho intramolecular Hbond substituents is 1. The number of thiol groups is 1. The van der Waals surface area contributed by atoms with E-state index in [0.717, 1.165) is 37.7 Å². The van der Waals surface area contributed by atoms with Crippen molar-refractivity contribution in [3.8, 4) is 5.75 Å². The fourth-order valence-electron chi connectivity index (χ4n) is 4.60. The highest BCUT2D eigenvalue weighted by atomic mass is 35.5. The number of phenols is 1. The number of aromatic hydroxyl groups is 1. The molecule has 0 spiro atoms. The highest BCUT2D eigenvalue weighted by Crippen LogP contribution is 2.35. The number of anilines is 1. The molecule has 2 unspecified atom stereocenters. The minimum Gasteiger partial charge on any atom is -0.507 e. The summed E-state index contributed by atoms with van der Waals surface area (Å²) in [6.45, 7) is 11.1. The summed E-state index contributed by atoms with van der Waals surface area (Å²) in [5.41, 5.74) is 1.23. The first-order valence-corrected chi connectivity index (χ1v) is 15.6. The molecule has 0 aliphatic heterocycles. The summed E-state index contributed by atoms with van der Waals surface area (Å²) in [4.78, 5) is 42.3. The topological polar surface area (TPSA) is 108 Å². The van der Waals surface area contributed by atoms with Gasteiger partial charge in [-0.25, -0.2) is 4.79 Å². The minimum atomic E-state index is -1.22. The monoisotopic (exact) mass is 619 g/mol. The Morgan fingerprint density at radius 2 is 1.62 bits per heavy atom. The third kappa shape index (κ3) is 10.4. The number of hydrogen-bond acceptors (Lipinski definition) is 6. The van der Waals surface area contributed by atoms with E-state index < -0.39 is 35.6 Å². The fraction of sp³-hybridized carbons (Fsp3) is 0.531. The van der Waals surface area contributed by atoms with Crippen LogP contribution in [0.2, 0.25) is 5.02 Å². The number of carbonyl (C=O) groups excluding carboxylic acids is 3. The predicted octanol–water partition coefficient (Wildman–Crippen LogP) is 7.35. The van der Waals surface area contributed by atoms with Crippen molar-refractivity contribution in [2.45, 2.75) is 97.8 Å². The van der Waals surface area contributed by atoms with Crippen molar-refractivity contribution in [2.24, 2.45) is 0 Å². The van der Waals surface area contributed by atoms with Gasteiger partial charge in [-0.15, -0.1) is 0 Å². The van der Waals surface area contributed by atoms with Crippen LogP contribution in [0.5, 0.6) is 5.75 Å². The Labute approximate surface area is 260 Å². The van der Waals surface area contributed by atoms with E-state index in [9.17, 15) is 19.5 Å². The zero-order valence-electron chi connectivity index (χ0n) is 25.6.